The van der Waals surface area contributed by atoms with Gasteiger partial charge in [0.2, 0.25) is 0 Å². The molecule has 2 aromatic rings. The number of halogens is 1. The first-order valence-corrected chi connectivity index (χ1v) is 9.03. The highest BCUT2D eigenvalue weighted by atomic mass is 127. The fourth-order valence-corrected chi connectivity index (χ4v) is 3.67. The molecule has 3 nitrogen and oxygen atoms in total. The minimum atomic E-state index is 0. The average molecular weight is 449 g/mol. The van der Waals surface area contributed by atoms with Crippen molar-refractivity contribution in [3.05, 3.63) is 44.8 Å². The van der Waals surface area contributed by atoms with Crippen molar-refractivity contribution in [2.45, 2.75) is 19.8 Å². The van der Waals surface area contributed by atoms with Gasteiger partial charge in [-0.1, -0.05) is 19.1 Å². The average Bonchev–Trinajstić information content (AvgIpc) is 3.16. The fraction of sp³-hybridized carbons (Fsp3) is 0.438. The summed E-state index contributed by atoms with van der Waals surface area (Å²) >= 11 is 3.63. The zero-order chi connectivity index (χ0) is 14.9. The summed E-state index contributed by atoms with van der Waals surface area (Å²) in [6.07, 6.45) is 2.17. The molecule has 6 heteroatoms. The zero-order valence-corrected chi connectivity index (χ0v) is 17.0. The topological polar surface area (TPSA) is 36.4 Å². The summed E-state index contributed by atoms with van der Waals surface area (Å²) in [5.41, 5.74) is 0. The first-order chi connectivity index (χ1) is 10.3. The van der Waals surface area contributed by atoms with Crippen molar-refractivity contribution < 1.29 is 0 Å². The number of aliphatic imine (C=N–C) groups is 1. The molecule has 2 aromatic heterocycles. The summed E-state index contributed by atoms with van der Waals surface area (Å²) in [6.45, 7) is 4.13. The molecule has 0 saturated carbocycles. The van der Waals surface area contributed by atoms with Gasteiger partial charge in [-0.3, -0.25) is 4.99 Å². The van der Waals surface area contributed by atoms with E-state index in [1.165, 1.54) is 9.75 Å². The van der Waals surface area contributed by atoms with Gasteiger partial charge in [0, 0.05) is 29.9 Å². The quantitative estimate of drug-likeness (QED) is 0.381. The van der Waals surface area contributed by atoms with E-state index < -0.39 is 0 Å². The minimum Gasteiger partial charge on any atom is -0.356 e. The van der Waals surface area contributed by atoms with Gasteiger partial charge in [0.1, 0.15) is 0 Å². The Balaban J connectivity index is 0.00000242. The molecule has 0 aromatic carbocycles. The van der Waals surface area contributed by atoms with Gasteiger partial charge in [0.25, 0.3) is 0 Å². The molecular weight excluding hydrogens is 425 g/mol. The number of hydrogen-bond acceptors (Lipinski definition) is 3. The molecule has 0 aliphatic carbocycles. The summed E-state index contributed by atoms with van der Waals surface area (Å²) in [5, 5.41) is 11.0. The van der Waals surface area contributed by atoms with E-state index in [2.05, 4.69) is 57.6 Å². The Kier molecular flexibility index (Phi) is 9.74. The summed E-state index contributed by atoms with van der Waals surface area (Å²) in [6, 6.07) is 8.59. The van der Waals surface area contributed by atoms with Crippen molar-refractivity contribution in [3.8, 4) is 0 Å². The smallest absolute Gasteiger partial charge is 0.190 e. The second-order valence-corrected chi connectivity index (χ2v) is 7.16. The summed E-state index contributed by atoms with van der Waals surface area (Å²) in [7, 11) is 1.82. The van der Waals surface area contributed by atoms with Crippen molar-refractivity contribution in [1.29, 1.82) is 0 Å². The van der Waals surface area contributed by atoms with Crippen molar-refractivity contribution in [2.75, 3.05) is 20.1 Å². The van der Waals surface area contributed by atoms with Gasteiger partial charge in [0.05, 0.1) is 0 Å². The Labute approximate surface area is 158 Å². The number of thiophene rings is 2. The van der Waals surface area contributed by atoms with Crippen LogP contribution in [0.15, 0.2) is 40.0 Å². The molecule has 0 aliphatic rings. The first-order valence-electron chi connectivity index (χ1n) is 7.27. The molecule has 1 unspecified atom stereocenters. The third kappa shape index (κ3) is 7.11. The molecule has 0 saturated heterocycles. The molecule has 0 amide bonds. The molecule has 1 atom stereocenters. The molecule has 0 spiro atoms. The number of rotatable bonds is 7. The highest BCUT2D eigenvalue weighted by Gasteiger charge is 2.06. The number of hydrogen-bond donors (Lipinski definition) is 2. The zero-order valence-electron chi connectivity index (χ0n) is 13.0. The Morgan fingerprint density at radius 3 is 2.41 bits per heavy atom. The molecular formula is C16H24IN3S2. The van der Waals surface area contributed by atoms with Crippen molar-refractivity contribution in [1.82, 2.24) is 10.6 Å². The maximum atomic E-state index is 4.28. The van der Waals surface area contributed by atoms with Gasteiger partial charge in [0.15, 0.2) is 5.96 Å². The second-order valence-electron chi connectivity index (χ2n) is 5.10. The van der Waals surface area contributed by atoms with Crippen LogP contribution < -0.4 is 10.6 Å². The van der Waals surface area contributed by atoms with E-state index in [0.29, 0.717) is 5.92 Å². The molecule has 0 fully saturated rings. The molecule has 0 bridgehead atoms. The first kappa shape index (κ1) is 19.4. The lowest BCUT2D eigenvalue weighted by molar-refractivity contribution is 0.562. The van der Waals surface area contributed by atoms with Gasteiger partial charge >= 0.3 is 0 Å². The maximum Gasteiger partial charge on any atom is 0.190 e. The third-order valence-corrected chi connectivity index (χ3v) is 5.05. The van der Waals surface area contributed by atoms with E-state index in [1.54, 1.807) is 11.3 Å². The SMILES string of the molecule is CN=C(NCCc1cccs1)NCC(C)Cc1cccs1.I. The Bertz CT molecular complexity index is 524. The Morgan fingerprint density at radius 1 is 1.14 bits per heavy atom. The van der Waals surface area contributed by atoms with Gasteiger partial charge in [-0.25, -0.2) is 0 Å². The second kappa shape index (κ2) is 11.0. The van der Waals surface area contributed by atoms with E-state index in [-0.39, 0.29) is 24.0 Å². The van der Waals surface area contributed by atoms with Crippen LogP contribution in [0.25, 0.3) is 0 Å². The molecule has 0 radical (unpaired) electrons. The third-order valence-electron chi connectivity index (χ3n) is 3.22. The lowest BCUT2D eigenvalue weighted by atomic mass is 10.1. The van der Waals surface area contributed by atoms with Crippen molar-refractivity contribution >= 4 is 52.6 Å². The number of nitrogens with one attached hydrogen (secondary N) is 2. The Morgan fingerprint density at radius 2 is 1.82 bits per heavy atom. The summed E-state index contributed by atoms with van der Waals surface area (Å²) < 4.78 is 0. The molecule has 0 aliphatic heterocycles. The van der Waals surface area contributed by atoms with Gasteiger partial charge in [-0.05, 0) is 41.7 Å². The van der Waals surface area contributed by atoms with Crippen LogP contribution in [0.3, 0.4) is 0 Å². The standard InChI is InChI=1S/C16H23N3S2.HI/c1-13(11-15-6-4-10-21-15)12-19-16(17-2)18-8-7-14-5-3-9-20-14;/h3-6,9-10,13H,7-8,11-12H2,1-2H3,(H2,17,18,19);1H. The van der Waals surface area contributed by atoms with Crippen LogP contribution in [-0.2, 0) is 12.8 Å². The lowest BCUT2D eigenvalue weighted by Crippen LogP contribution is -2.40. The van der Waals surface area contributed by atoms with Gasteiger partial charge in [-0.2, -0.15) is 0 Å². The molecule has 2 heterocycles. The van der Waals surface area contributed by atoms with Gasteiger partial charge < -0.3 is 10.6 Å². The minimum absolute atomic E-state index is 0. The van der Waals surface area contributed by atoms with Crippen LogP contribution in [0.1, 0.15) is 16.7 Å². The van der Waals surface area contributed by atoms with Crippen molar-refractivity contribution in [2.24, 2.45) is 10.9 Å². The predicted molar refractivity (Wildman–Crippen MR) is 110 cm³/mol. The monoisotopic (exact) mass is 449 g/mol. The van der Waals surface area contributed by atoms with Crippen LogP contribution in [0.2, 0.25) is 0 Å². The van der Waals surface area contributed by atoms with Crippen LogP contribution >= 0.6 is 46.7 Å². The fourth-order valence-electron chi connectivity index (χ4n) is 2.09. The molecule has 122 valence electrons. The molecule has 22 heavy (non-hydrogen) atoms. The van der Waals surface area contributed by atoms with E-state index in [9.17, 15) is 0 Å². The summed E-state index contributed by atoms with van der Waals surface area (Å²) in [5.74, 6) is 1.49. The van der Waals surface area contributed by atoms with E-state index >= 15 is 0 Å². The van der Waals surface area contributed by atoms with Gasteiger partial charge in [-0.15, -0.1) is 46.7 Å². The van der Waals surface area contributed by atoms with E-state index in [4.69, 9.17) is 0 Å². The molecule has 2 N–H and O–H groups in total. The number of nitrogens with zero attached hydrogens (tertiary/aromatic N) is 1. The van der Waals surface area contributed by atoms with Crippen LogP contribution in [-0.4, -0.2) is 26.1 Å². The van der Waals surface area contributed by atoms with Crippen LogP contribution in [0, 0.1) is 5.92 Å². The van der Waals surface area contributed by atoms with Crippen LogP contribution in [0.4, 0.5) is 0 Å². The number of guanidine groups is 1. The Hall–Kier alpha value is -0.600. The molecule has 2 rings (SSSR count). The predicted octanol–water partition coefficient (Wildman–Crippen LogP) is 4.01. The lowest BCUT2D eigenvalue weighted by Gasteiger charge is -2.15. The van der Waals surface area contributed by atoms with E-state index in [0.717, 1.165) is 31.9 Å². The van der Waals surface area contributed by atoms with E-state index in [1.807, 2.05) is 18.4 Å². The normalized spacial score (nSPS) is 12.5. The summed E-state index contributed by atoms with van der Waals surface area (Å²) in [4.78, 5) is 7.13. The van der Waals surface area contributed by atoms with Crippen LogP contribution in [0.5, 0.6) is 0 Å². The van der Waals surface area contributed by atoms with Crippen molar-refractivity contribution in [3.63, 3.8) is 0 Å². The maximum absolute atomic E-state index is 4.28. The highest BCUT2D eigenvalue weighted by molar-refractivity contribution is 14.0. The highest BCUT2D eigenvalue weighted by Crippen LogP contribution is 2.13. The largest absolute Gasteiger partial charge is 0.356 e.